The zero-order valence-electron chi connectivity index (χ0n) is 20.5. The van der Waals surface area contributed by atoms with E-state index in [4.69, 9.17) is 9.72 Å². The predicted molar refractivity (Wildman–Crippen MR) is 136 cm³/mol. The van der Waals surface area contributed by atoms with E-state index in [0.29, 0.717) is 18.5 Å². The van der Waals surface area contributed by atoms with E-state index >= 15 is 0 Å². The second-order valence-corrected chi connectivity index (χ2v) is 10.8. The normalized spacial score (nSPS) is 24.3. The molecule has 7 nitrogen and oxygen atoms in total. The first kappa shape index (κ1) is 22.3. The van der Waals surface area contributed by atoms with E-state index in [1.165, 1.54) is 5.56 Å². The zero-order valence-corrected chi connectivity index (χ0v) is 20.5. The number of carbonyl (C=O) groups excluding carboxylic acids is 1. The van der Waals surface area contributed by atoms with Crippen LogP contribution in [-0.2, 0) is 11.3 Å². The van der Waals surface area contributed by atoms with Crippen molar-refractivity contribution in [1.29, 1.82) is 0 Å². The molecule has 1 spiro atoms. The molecule has 3 heterocycles. The summed E-state index contributed by atoms with van der Waals surface area (Å²) in [5, 5.41) is 1.03. The standard InChI is InChI=1S/C28H33N5O2/c1-20-15-32(26-29-14-23-10-6-7-11-25(23)30-26)16-21(2)33(20)27(34)35-24-12-28(13-24)18-31(19-28)17-22-8-4-3-5-9-22/h3-11,14,20-21,24H,12-13,15-19H2,1-2H3/t20-,21+. The highest BCUT2D eigenvalue weighted by Gasteiger charge is 2.54. The predicted octanol–water partition coefficient (Wildman–Crippen LogP) is 4.33. The zero-order chi connectivity index (χ0) is 24.0. The average Bonchev–Trinajstić information content (AvgIpc) is 2.81. The maximum atomic E-state index is 13.1. The Balaban J connectivity index is 1.01. The molecule has 1 amide bonds. The van der Waals surface area contributed by atoms with Gasteiger partial charge in [-0.2, -0.15) is 0 Å². The van der Waals surface area contributed by atoms with Gasteiger partial charge in [0.2, 0.25) is 5.95 Å². The fraction of sp³-hybridized carbons (Fsp3) is 0.464. The lowest BCUT2D eigenvalue weighted by atomic mass is 9.61. The van der Waals surface area contributed by atoms with Crippen LogP contribution in [0.2, 0.25) is 0 Å². The van der Waals surface area contributed by atoms with E-state index in [-0.39, 0.29) is 24.3 Å². The number of anilines is 1. The van der Waals surface area contributed by atoms with Gasteiger partial charge >= 0.3 is 6.09 Å². The second-order valence-electron chi connectivity index (χ2n) is 10.8. The van der Waals surface area contributed by atoms with Crippen molar-refractivity contribution >= 4 is 22.9 Å². The first-order chi connectivity index (χ1) is 17.0. The minimum absolute atomic E-state index is 0.0282. The lowest BCUT2D eigenvalue weighted by molar-refractivity contribution is -0.137. The first-order valence-electron chi connectivity index (χ1n) is 12.7. The lowest BCUT2D eigenvalue weighted by Crippen LogP contribution is -2.65. The van der Waals surface area contributed by atoms with E-state index in [1.54, 1.807) is 0 Å². The Morgan fingerprint density at radius 2 is 1.69 bits per heavy atom. The van der Waals surface area contributed by atoms with E-state index in [1.807, 2.05) is 35.4 Å². The molecule has 7 heteroatoms. The summed E-state index contributed by atoms with van der Waals surface area (Å²) in [5.41, 5.74) is 2.65. The molecule has 0 bridgehead atoms. The third-order valence-corrected chi connectivity index (χ3v) is 7.84. The van der Waals surface area contributed by atoms with Crippen LogP contribution < -0.4 is 4.90 Å². The highest BCUT2D eigenvalue weighted by atomic mass is 16.6. The summed E-state index contributed by atoms with van der Waals surface area (Å²) in [6.45, 7) is 8.77. The molecule has 6 rings (SSSR count). The number of fused-ring (bicyclic) bond motifs is 1. The quantitative estimate of drug-likeness (QED) is 0.565. The summed E-state index contributed by atoms with van der Waals surface area (Å²) in [6.07, 6.45) is 3.71. The number of rotatable bonds is 4. The van der Waals surface area contributed by atoms with Crippen LogP contribution >= 0.6 is 0 Å². The van der Waals surface area contributed by atoms with Crippen molar-refractivity contribution in [2.75, 3.05) is 31.1 Å². The number of aromatic nitrogens is 2. The van der Waals surface area contributed by atoms with Crippen LogP contribution in [0.3, 0.4) is 0 Å². The van der Waals surface area contributed by atoms with Gasteiger partial charge in [-0.25, -0.2) is 14.8 Å². The van der Waals surface area contributed by atoms with Crippen molar-refractivity contribution in [3.8, 4) is 0 Å². The molecule has 0 unspecified atom stereocenters. The van der Waals surface area contributed by atoms with Crippen LogP contribution in [0.15, 0.2) is 60.8 Å². The molecule has 3 aromatic rings. The smallest absolute Gasteiger partial charge is 0.410 e. The van der Waals surface area contributed by atoms with E-state index in [0.717, 1.165) is 49.3 Å². The van der Waals surface area contributed by atoms with Crippen molar-refractivity contribution in [3.05, 3.63) is 66.4 Å². The third kappa shape index (κ3) is 4.33. The van der Waals surface area contributed by atoms with Gasteiger partial charge in [0.05, 0.1) is 17.6 Å². The van der Waals surface area contributed by atoms with Gasteiger partial charge in [-0.1, -0.05) is 48.5 Å². The summed E-state index contributed by atoms with van der Waals surface area (Å²) in [7, 11) is 0. The Bertz CT molecular complexity index is 1190. The summed E-state index contributed by atoms with van der Waals surface area (Å²) >= 11 is 0. The molecule has 3 fully saturated rings. The Morgan fingerprint density at radius 3 is 2.43 bits per heavy atom. The number of hydrogen-bond acceptors (Lipinski definition) is 6. The van der Waals surface area contributed by atoms with Crippen LogP contribution in [-0.4, -0.2) is 70.2 Å². The van der Waals surface area contributed by atoms with Gasteiger partial charge in [-0.15, -0.1) is 0 Å². The molecule has 35 heavy (non-hydrogen) atoms. The van der Waals surface area contributed by atoms with Crippen molar-refractivity contribution in [3.63, 3.8) is 0 Å². The van der Waals surface area contributed by atoms with E-state index < -0.39 is 0 Å². The number of hydrogen-bond donors (Lipinski definition) is 0. The number of carbonyl (C=O) groups is 1. The first-order valence-corrected chi connectivity index (χ1v) is 12.7. The molecule has 3 aliphatic rings. The summed E-state index contributed by atoms with van der Waals surface area (Å²) in [6, 6.07) is 18.7. The summed E-state index contributed by atoms with van der Waals surface area (Å²) < 4.78 is 5.97. The minimum atomic E-state index is -0.176. The van der Waals surface area contributed by atoms with Crippen LogP contribution in [0.25, 0.3) is 10.9 Å². The second kappa shape index (κ2) is 8.79. The number of benzene rings is 2. The molecule has 1 saturated carbocycles. The number of ether oxygens (including phenoxy) is 1. The van der Waals surface area contributed by atoms with Gasteiger partial charge in [0.25, 0.3) is 0 Å². The molecular formula is C28H33N5O2. The fourth-order valence-electron chi connectivity index (χ4n) is 6.27. The number of amides is 1. The molecule has 0 radical (unpaired) electrons. The summed E-state index contributed by atoms with van der Waals surface area (Å²) in [5.74, 6) is 0.724. The van der Waals surface area contributed by atoms with Gasteiger partial charge in [0, 0.05) is 49.7 Å². The van der Waals surface area contributed by atoms with Crippen molar-refractivity contribution in [2.24, 2.45) is 5.41 Å². The molecule has 182 valence electrons. The topological polar surface area (TPSA) is 61.8 Å². The highest BCUT2D eigenvalue weighted by Crippen LogP contribution is 2.50. The maximum Gasteiger partial charge on any atom is 0.410 e. The average molecular weight is 472 g/mol. The van der Waals surface area contributed by atoms with Crippen molar-refractivity contribution in [1.82, 2.24) is 19.8 Å². The number of piperazine rings is 1. The summed E-state index contributed by atoms with van der Waals surface area (Å²) in [4.78, 5) is 29.0. The molecule has 2 atom stereocenters. The van der Waals surface area contributed by atoms with Gasteiger partial charge < -0.3 is 9.64 Å². The van der Waals surface area contributed by atoms with Gasteiger partial charge in [0.15, 0.2) is 0 Å². The van der Waals surface area contributed by atoms with E-state index in [9.17, 15) is 4.79 Å². The SMILES string of the molecule is C[C@@H]1CN(c2ncc3ccccc3n2)C[C@H](C)N1C(=O)OC1CC2(C1)CN(Cc1ccccc1)C2. The molecule has 2 saturated heterocycles. The molecule has 0 N–H and O–H groups in total. The molecule has 2 aliphatic heterocycles. The fourth-order valence-corrected chi connectivity index (χ4v) is 6.27. The third-order valence-electron chi connectivity index (χ3n) is 7.84. The van der Waals surface area contributed by atoms with Gasteiger partial charge in [-0.05, 0) is 38.3 Å². The van der Waals surface area contributed by atoms with Crippen molar-refractivity contribution in [2.45, 2.75) is 51.4 Å². The largest absolute Gasteiger partial charge is 0.446 e. The van der Waals surface area contributed by atoms with Crippen LogP contribution in [0.5, 0.6) is 0 Å². The van der Waals surface area contributed by atoms with Gasteiger partial charge in [0.1, 0.15) is 6.10 Å². The number of para-hydroxylation sites is 1. The van der Waals surface area contributed by atoms with Crippen LogP contribution in [0, 0.1) is 5.41 Å². The lowest BCUT2D eigenvalue weighted by Gasteiger charge is -2.58. The van der Waals surface area contributed by atoms with Crippen LogP contribution in [0.1, 0.15) is 32.3 Å². The Kier molecular flexibility index (Phi) is 5.60. The number of nitrogens with zero attached hydrogens (tertiary/aromatic N) is 5. The molecule has 1 aliphatic carbocycles. The van der Waals surface area contributed by atoms with E-state index in [2.05, 4.69) is 59.0 Å². The number of likely N-dealkylation sites (tertiary alicyclic amines) is 1. The Hall–Kier alpha value is -3.19. The molecule has 2 aromatic carbocycles. The maximum absolute atomic E-state index is 13.1. The highest BCUT2D eigenvalue weighted by molar-refractivity contribution is 5.78. The minimum Gasteiger partial charge on any atom is -0.446 e. The van der Waals surface area contributed by atoms with Crippen molar-refractivity contribution < 1.29 is 9.53 Å². The monoisotopic (exact) mass is 471 g/mol. The Labute approximate surface area is 206 Å². The Morgan fingerprint density at radius 1 is 1.00 bits per heavy atom. The molecular weight excluding hydrogens is 438 g/mol. The van der Waals surface area contributed by atoms with Crippen LogP contribution in [0.4, 0.5) is 10.7 Å². The van der Waals surface area contributed by atoms with Gasteiger partial charge in [-0.3, -0.25) is 9.80 Å². The molecule has 1 aromatic heterocycles.